The Morgan fingerprint density at radius 1 is 1.88 bits per heavy atom. The van der Waals surface area contributed by atoms with Gasteiger partial charge in [0.1, 0.15) is 4.32 Å². The molecule has 0 unspecified atom stereocenters. The molecule has 0 heterocycles. The third-order valence-corrected chi connectivity index (χ3v) is 0.700. The van der Waals surface area contributed by atoms with E-state index in [4.69, 9.17) is 0 Å². The third kappa shape index (κ3) is 9.83. The van der Waals surface area contributed by atoms with E-state index >= 15 is 0 Å². The zero-order valence-corrected chi connectivity index (χ0v) is 7.97. The van der Waals surface area contributed by atoms with E-state index in [-0.39, 0.29) is 21.1 Å². The Morgan fingerprint density at radius 3 is 2.50 bits per heavy atom. The molecule has 0 bridgehead atoms. The van der Waals surface area contributed by atoms with Gasteiger partial charge in [0.15, 0.2) is 0 Å². The second-order valence-corrected chi connectivity index (χ2v) is 2.13. The van der Waals surface area contributed by atoms with Crippen molar-refractivity contribution in [2.24, 2.45) is 0 Å². The molecule has 0 aromatic rings. The van der Waals surface area contributed by atoms with E-state index in [1.165, 1.54) is 0 Å². The molecule has 4 heteroatoms. The SMILES string of the molecule is C=CCNC(=S)S.[Mo]. The summed E-state index contributed by atoms with van der Waals surface area (Å²) in [7, 11) is 0. The third-order valence-electron chi connectivity index (χ3n) is 0.398. The van der Waals surface area contributed by atoms with Crippen LogP contribution in [0, 0.1) is 0 Å². The first-order valence-corrected chi connectivity index (χ1v) is 2.70. The first-order chi connectivity index (χ1) is 3.27. The van der Waals surface area contributed by atoms with E-state index in [1.54, 1.807) is 6.08 Å². The molecule has 8 heavy (non-hydrogen) atoms. The van der Waals surface area contributed by atoms with Crippen molar-refractivity contribution in [3.63, 3.8) is 0 Å². The Balaban J connectivity index is 0. The van der Waals surface area contributed by atoms with Gasteiger partial charge in [0.25, 0.3) is 0 Å². The number of rotatable bonds is 2. The molecule has 0 saturated heterocycles. The largest absolute Gasteiger partial charge is 0.368 e. The van der Waals surface area contributed by atoms with Crippen LogP contribution in [0.5, 0.6) is 0 Å². The van der Waals surface area contributed by atoms with E-state index in [1.807, 2.05) is 0 Å². The first kappa shape index (κ1) is 11.5. The van der Waals surface area contributed by atoms with E-state index in [9.17, 15) is 0 Å². The molecule has 0 atom stereocenters. The summed E-state index contributed by atoms with van der Waals surface area (Å²) in [5.41, 5.74) is 0. The van der Waals surface area contributed by atoms with Crippen LogP contribution in [0.15, 0.2) is 12.7 Å². The van der Waals surface area contributed by atoms with Gasteiger partial charge in [-0.2, -0.15) is 0 Å². The fourth-order valence-corrected chi connectivity index (χ4v) is 0.334. The molecule has 0 fully saturated rings. The van der Waals surface area contributed by atoms with Crippen LogP contribution < -0.4 is 5.32 Å². The van der Waals surface area contributed by atoms with Gasteiger partial charge in [0.2, 0.25) is 0 Å². The van der Waals surface area contributed by atoms with E-state index in [2.05, 4.69) is 36.7 Å². The summed E-state index contributed by atoms with van der Waals surface area (Å²) in [4.78, 5) is 0. The van der Waals surface area contributed by atoms with E-state index < -0.39 is 0 Å². The van der Waals surface area contributed by atoms with Gasteiger partial charge in [-0.25, -0.2) is 0 Å². The zero-order valence-electron chi connectivity index (χ0n) is 4.26. The predicted octanol–water partition coefficient (Wildman–Crippen LogP) is 0.974. The summed E-state index contributed by atoms with van der Waals surface area (Å²) >= 11 is 8.37. The number of nitrogens with one attached hydrogen (secondary N) is 1. The summed E-state index contributed by atoms with van der Waals surface area (Å²) in [5, 5.41) is 2.77. The molecule has 0 aliphatic carbocycles. The standard InChI is InChI=1S/C4H7NS2.Mo/c1-2-3-5-4(6)7;/h2H,1,3H2,(H2,5,6,7);. The van der Waals surface area contributed by atoms with Crippen LogP contribution >= 0.6 is 24.8 Å². The Morgan fingerprint density at radius 2 is 2.38 bits per heavy atom. The number of thiol groups is 1. The molecule has 1 N–H and O–H groups in total. The molecule has 1 nitrogen and oxygen atoms in total. The van der Waals surface area contributed by atoms with Crippen LogP contribution in [0.3, 0.4) is 0 Å². The smallest absolute Gasteiger partial charge is 0.130 e. The van der Waals surface area contributed by atoms with Crippen molar-refractivity contribution in [3.05, 3.63) is 12.7 Å². The minimum atomic E-state index is 0. The van der Waals surface area contributed by atoms with Gasteiger partial charge >= 0.3 is 0 Å². The van der Waals surface area contributed by atoms with Crippen LogP contribution in [-0.2, 0) is 21.1 Å². The summed E-state index contributed by atoms with van der Waals surface area (Å²) < 4.78 is 0.514. The van der Waals surface area contributed by atoms with Gasteiger partial charge in [-0.15, -0.1) is 19.2 Å². The topological polar surface area (TPSA) is 12.0 Å². The summed E-state index contributed by atoms with van der Waals surface area (Å²) in [6.07, 6.45) is 1.72. The first-order valence-electron chi connectivity index (χ1n) is 1.85. The monoisotopic (exact) mass is 231 g/mol. The molecule has 46 valence electrons. The van der Waals surface area contributed by atoms with E-state index in [0.29, 0.717) is 10.9 Å². The molecule has 0 saturated carbocycles. The Hall–Kier alpha value is 0.668. The summed E-state index contributed by atoms with van der Waals surface area (Å²) in [6, 6.07) is 0. The number of hydrogen-bond donors (Lipinski definition) is 2. The van der Waals surface area contributed by atoms with Crippen molar-refractivity contribution in [3.8, 4) is 0 Å². The molecular formula is C4H7MoNS2. The minimum Gasteiger partial charge on any atom is -0.368 e. The Bertz CT molecular complexity index is 84.1. The van der Waals surface area contributed by atoms with Crippen LogP contribution in [0.1, 0.15) is 0 Å². The van der Waals surface area contributed by atoms with Crippen LogP contribution in [-0.4, -0.2) is 10.9 Å². The maximum absolute atomic E-state index is 4.57. The second kappa shape index (κ2) is 7.67. The average molecular weight is 229 g/mol. The molecule has 0 radical (unpaired) electrons. The van der Waals surface area contributed by atoms with Gasteiger partial charge in [0, 0.05) is 27.6 Å². The zero-order chi connectivity index (χ0) is 5.70. The van der Waals surface area contributed by atoms with Crippen molar-refractivity contribution < 1.29 is 21.1 Å². The fraction of sp³-hybridized carbons (Fsp3) is 0.250. The van der Waals surface area contributed by atoms with Crippen molar-refractivity contribution in [1.82, 2.24) is 5.32 Å². The molecule has 0 aromatic carbocycles. The van der Waals surface area contributed by atoms with Crippen molar-refractivity contribution >= 4 is 29.2 Å². The molecule has 0 spiro atoms. The fourth-order valence-electron chi connectivity index (χ4n) is 0.159. The molecular weight excluding hydrogens is 222 g/mol. The Kier molecular flexibility index (Phi) is 11.0. The van der Waals surface area contributed by atoms with Crippen LogP contribution in [0.2, 0.25) is 0 Å². The van der Waals surface area contributed by atoms with Gasteiger partial charge in [0.05, 0.1) is 0 Å². The van der Waals surface area contributed by atoms with E-state index in [0.717, 1.165) is 0 Å². The van der Waals surface area contributed by atoms with Crippen molar-refractivity contribution in [1.29, 1.82) is 0 Å². The summed E-state index contributed by atoms with van der Waals surface area (Å²) in [6.45, 7) is 4.17. The average Bonchev–Trinajstić information content (AvgIpc) is 1.61. The quantitative estimate of drug-likeness (QED) is 0.317. The maximum atomic E-state index is 4.57. The predicted molar refractivity (Wildman–Crippen MR) is 39.8 cm³/mol. The van der Waals surface area contributed by atoms with Gasteiger partial charge < -0.3 is 5.32 Å². The maximum Gasteiger partial charge on any atom is 0.130 e. The molecule has 0 aliphatic heterocycles. The second-order valence-electron chi connectivity index (χ2n) is 0.975. The summed E-state index contributed by atoms with van der Waals surface area (Å²) in [5.74, 6) is 0. The molecule has 0 aliphatic rings. The van der Waals surface area contributed by atoms with Crippen molar-refractivity contribution in [2.75, 3.05) is 6.54 Å². The van der Waals surface area contributed by atoms with Gasteiger partial charge in [-0.1, -0.05) is 18.3 Å². The van der Waals surface area contributed by atoms with Crippen LogP contribution in [0.25, 0.3) is 0 Å². The normalized spacial score (nSPS) is 6.62. The molecule has 0 aromatic heterocycles. The van der Waals surface area contributed by atoms with Crippen molar-refractivity contribution in [2.45, 2.75) is 0 Å². The van der Waals surface area contributed by atoms with Crippen LogP contribution in [0.4, 0.5) is 0 Å². The van der Waals surface area contributed by atoms with Gasteiger partial charge in [-0.05, 0) is 0 Å². The number of hydrogen-bond acceptors (Lipinski definition) is 1. The Labute approximate surface area is 74.6 Å². The minimum absolute atomic E-state index is 0. The molecule has 0 amide bonds. The van der Waals surface area contributed by atoms with Gasteiger partial charge in [-0.3, -0.25) is 0 Å². The molecule has 0 rings (SSSR count). The number of thiocarbonyl (C=S) groups is 1.